The molecule has 0 unspecified atom stereocenters. The number of aromatic nitrogens is 2. The molecular formula is C14H20N4O2S. The number of aryl methyl sites for hydroxylation is 1. The minimum atomic E-state index is -0.388. The van der Waals surface area contributed by atoms with E-state index in [0.717, 1.165) is 36.1 Å². The average Bonchev–Trinajstić information content (AvgIpc) is 2.79. The first-order valence-corrected chi connectivity index (χ1v) is 8.01. The molecule has 0 bridgehead atoms. The van der Waals surface area contributed by atoms with E-state index < -0.39 is 0 Å². The molecule has 0 saturated heterocycles. The maximum Gasteiger partial charge on any atom is 0.271 e. The normalized spacial score (nSPS) is 11.4. The van der Waals surface area contributed by atoms with Gasteiger partial charge in [-0.1, -0.05) is 25.6 Å². The second-order valence-electron chi connectivity index (χ2n) is 4.76. The summed E-state index contributed by atoms with van der Waals surface area (Å²) < 4.78 is 1.99. The van der Waals surface area contributed by atoms with Crippen LogP contribution in [0.15, 0.2) is 23.4 Å². The van der Waals surface area contributed by atoms with Gasteiger partial charge in [-0.25, -0.2) is 4.98 Å². The molecule has 2 rings (SSSR count). The molecule has 114 valence electrons. The Morgan fingerprint density at radius 3 is 2.71 bits per heavy atom. The minimum Gasteiger partial charge on any atom is -0.322 e. The molecule has 1 aromatic heterocycles. The Balaban J connectivity index is 2.13. The lowest BCUT2D eigenvalue weighted by Crippen LogP contribution is -2.25. The number of imidazole rings is 1. The number of benzene rings is 1. The molecule has 0 atom stereocenters. The Kier molecular flexibility index (Phi) is 5.19. The number of nitrogens with zero attached hydrogens (tertiary/aromatic N) is 4. The minimum absolute atomic E-state index is 0.0836. The largest absolute Gasteiger partial charge is 0.322 e. The van der Waals surface area contributed by atoms with Gasteiger partial charge < -0.3 is 9.47 Å². The van der Waals surface area contributed by atoms with Gasteiger partial charge in [0.1, 0.15) is 0 Å². The number of fused-ring (bicyclic) bond motifs is 1. The second-order valence-corrected chi connectivity index (χ2v) is 5.82. The summed E-state index contributed by atoms with van der Waals surface area (Å²) in [6, 6.07) is 4.81. The predicted octanol–water partition coefficient (Wildman–Crippen LogP) is 2.92. The molecule has 6 nitrogen and oxygen atoms in total. The maximum atomic E-state index is 10.8. The van der Waals surface area contributed by atoms with E-state index in [-0.39, 0.29) is 10.6 Å². The number of hydrogen-bond donors (Lipinski definition) is 0. The lowest BCUT2D eigenvalue weighted by Gasteiger charge is -2.16. The van der Waals surface area contributed by atoms with Crippen molar-refractivity contribution in [3.8, 4) is 0 Å². The highest BCUT2D eigenvalue weighted by Crippen LogP contribution is 2.25. The Hall–Kier alpha value is -1.60. The Labute approximate surface area is 128 Å². The zero-order valence-electron chi connectivity index (χ0n) is 12.6. The Morgan fingerprint density at radius 2 is 2.10 bits per heavy atom. The number of thioether (sulfide) groups is 1. The molecule has 0 amide bonds. The summed E-state index contributed by atoms with van der Waals surface area (Å²) in [7, 11) is 1.95. The van der Waals surface area contributed by atoms with Gasteiger partial charge in [-0.3, -0.25) is 10.1 Å². The monoisotopic (exact) mass is 308 g/mol. The summed E-state index contributed by atoms with van der Waals surface area (Å²) in [5.74, 6) is 0.959. The van der Waals surface area contributed by atoms with Crippen molar-refractivity contribution in [3.63, 3.8) is 0 Å². The van der Waals surface area contributed by atoms with Crippen molar-refractivity contribution < 1.29 is 4.92 Å². The molecule has 1 aromatic carbocycles. The third kappa shape index (κ3) is 3.54. The van der Waals surface area contributed by atoms with Crippen LogP contribution in [0.1, 0.15) is 13.8 Å². The first-order chi connectivity index (χ1) is 10.1. The SMILES string of the molecule is CCN(CC)CCSc1nc2cc([N+](=O)[O-])ccc2n1C. The van der Waals surface area contributed by atoms with Crippen LogP contribution in [0.3, 0.4) is 0 Å². The molecule has 0 fully saturated rings. The summed E-state index contributed by atoms with van der Waals surface area (Å²) in [5.41, 5.74) is 1.68. The second kappa shape index (κ2) is 6.91. The molecule has 0 spiro atoms. The molecule has 0 radical (unpaired) electrons. The van der Waals surface area contributed by atoms with Gasteiger partial charge in [-0.2, -0.15) is 0 Å². The van der Waals surface area contributed by atoms with Crippen molar-refractivity contribution in [2.75, 3.05) is 25.4 Å². The predicted molar refractivity (Wildman–Crippen MR) is 85.9 cm³/mol. The zero-order valence-corrected chi connectivity index (χ0v) is 13.4. The average molecular weight is 308 g/mol. The Morgan fingerprint density at radius 1 is 1.38 bits per heavy atom. The zero-order chi connectivity index (χ0) is 15.4. The molecule has 1 heterocycles. The number of non-ortho nitro benzene ring substituents is 1. The van der Waals surface area contributed by atoms with Gasteiger partial charge in [0.25, 0.3) is 5.69 Å². The van der Waals surface area contributed by atoms with Crippen molar-refractivity contribution >= 4 is 28.5 Å². The molecule has 0 aliphatic heterocycles. The van der Waals surface area contributed by atoms with E-state index in [1.54, 1.807) is 17.8 Å². The van der Waals surface area contributed by atoms with E-state index >= 15 is 0 Å². The van der Waals surface area contributed by atoms with Crippen LogP contribution < -0.4 is 0 Å². The molecule has 0 aliphatic carbocycles. The third-order valence-electron chi connectivity index (χ3n) is 3.57. The summed E-state index contributed by atoms with van der Waals surface area (Å²) in [5, 5.41) is 11.7. The first kappa shape index (κ1) is 15.8. The molecule has 7 heteroatoms. The topological polar surface area (TPSA) is 64.2 Å². The van der Waals surface area contributed by atoms with E-state index in [4.69, 9.17) is 0 Å². The first-order valence-electron chi connectivity index (χ1n) is 7.02. The van der Waals surface area contributed by atoms with Crippen LogP contribution >= 0.6 is 11.8 Å². The fourth-order valence-corrected chi connectivity index (χ4v) is 3.20. The van der Waals surface area contributed by atoms with Gasteiger partial charge in [0.2, 0.25) is 0 Å². The van der Waals surface area contributed by atoms with E-state index in [1.807, 2.05) is 11.6 Å². The van der Waals surface area contributed by atoms with Gasteiger partial charge in [0.15, 0.2) is 5.16 Å². The van der Waals surface area contributed by atoms with E-state index in [0.29, 0.717) is 5.52 Å². The standard InChI is InChI=1S/C14H20N4O2S/c1-4-17(5-2)8-9-21-14-15-12-10-11(18(19)20)6-7-13(12)16(14)3/h6-7,10H,4-5,8-9H2,1-3H3. The van der Waals surface area contributed by atoms with Crippen LogP contribution in [0, 0.1) is 10.1 Å². The molecule has 2 aromatic rings. The number of rotatable bonds is 7. The van der Waals surface area contributed by atoms with Crippen LogP contribution in [0.4, 0.5) is 5.69 Å². The van der Waals surface area contributed by atoms with Gasteiger partial charge in [0, 0.05) is 31.5 Å². The van der Waals surface area contributed by atoms with Crippen LogP contribution in [0.5, 0.6) is 0 Å². The van der Waals surface area contributed by atoms with Crippen LogP contribution in [-0.2, 0) is 7.05 Å². The van der Waals surface area contributed by atoms with Crippen LogP contribution in [0.25, 0.3) is 11.0 Å². The molecular weight excluding hydrogens is 288 g/mol. The lowest BCUT2D eigenvalue weighted by molar-refractivity contribution is -0.384. The van der Waals surface area contributed by atoms with E-state index in [1.165, 1.54) is 12.1 Å². The quantitative estimate of drug-likeness (QED) is 0.447. The fraction of sp³-hybridized carbons (Fsp3) is 0.500. The highest BCUT2D eigenvalue weighted by Gasteiger charge is 2.13. The van der Waals surface area contributed by atoms with Gasteiger partial charge >= 0.3 is 0 Å². The maximum absolute atomic E-state index is 10.8. The molecule has 0 saturated carbocycles. The van der Waals surface area contributed by atoms with Gasteiger partial charge in [0.05, 0.1) is 16.0 Å². The fourth-order valence-electron chi connectivity index (χ4n) is 2.21. The Bertz CT molecular complexity index is 637. The summed E-state index contributed by atoms with van der Waals surface area (Å²) >= 11 is 1.69. The van der Waals surface area contributed by atoms with Crippen molar-refractivity contribution in [1.29, 1.82) is 0 Å². The summed E-state index contributed by atoms with van der Waals surface area (Å²) in [6.07, 6.45) is 0. The molecule has 21 heavy (non-hydrogen) atoms. The van der Waals surface area contributed by atoms with Crippen molar-refractivity contribution in [2.24, 2.45) is 7.05 Å². The van der Waals surface area contributed by atoms with Gasteiger partial charge in [-0.05, 0) is 19.2 Å². The molecule has 0 N–H and O–H groups in total. The highest BCUT2D eigenvalue weighted by atomic mass is 32.2. The third-order valence-corrected chi connectivity index (χ3v) is 4.58. The number of nitro groups is 1. The lowest BCUT2D eigenvalue weighted by atomic mass is 10.3. The van der Waals surface area contributed by atoms with E-state index in [2.05, 4.69) is 23.7 Å². The highest BCUT2D eigenvalue weighted by molar-refractivity contribution is 7.99. The van der Waals surface area contributed by atoms with E-state index in [9.17, 15) is 10.1 Å². The summed E-state index contributed by atoms with van der Waals surface area (Å²) in [6.45, 7) is 7.42. The van der Waals surface area contributed by atoms with Crippen molar-refractivity contribution in [2.45, 2.75) is 19.0 Å². The number of hydrogen-bond acceptors (Lipinski definition) is 5. The smallest absolute Gasteiger partial charge is 0.271 e. The molecule has 0 aliphatic rings. The van der Waals surface area contributed by atoms with Crippen molar-refractivity contribution in [3.05, 3.63) is 28.3 Å². The van der Waals surface area contributed by atoms with Gasteiger partial charge in [-0.15, -0.1) is 0 Å². The van der Waals surface area contributed by atoms with Crippen LogP contribution in [0.2, 0.25) is 0 Å². The summed E-state index contributed by atoms with van der Waals surface area (Å²) in [4.78, 5) is 17.3. The van der Waals surface area contributed by atoms with Crippen molar-refractivity contribution in [1.82, 2.24) is 14.5 Å². The number of nitro benzene ring substituents is 1. The van der Waals surface area contributed by atoms with Crippen LogP contribution in [-0.4, -0.2) is 44.8 Å².